The second-order valence-electron chi connectivity index (χ2n) is 2.23. The molecule has 0 saturated heterocycles. The third-order valence-corrected chi connectivity index (χ3v) is 1.35. The Morgan fingerprint density at radius 2 is 2.30 bits per heavy atom. The Kier molecular flexibility index (Phi) is 1.72. The minimum absolute atomic E-state index is 0.399. The molecular weight excluding hydrogens is 126 g/mol. The van der Waals surface area contributed by atoms with Crippen molar-refractivity contribution in [1.29, 1.82) is 5.26 Å². The normalized spacial score (nSPS) is 9.30. The van der Waals surface area contributed by atoms with Gasteiger partial charge < -0.3 is 4.98 Å². The van der Waals surface area contributed by atoms with E-state index < -0.39 is 0 Å². The summed E-state index contributed by atoms with van der Waals surface area (Å²) in [6.07, 6.45) is 0.399. The lowest BCUT2D eigenvalue weighted by Crippen LogP contribution is -1.83. The predicted molar refractivity (Wildman–Crippen MR) is 37.4 cm³/mol. The molecule has 0 aromatic carbocycles. The van der Waals surface area contributed by atoms with Crippen LogP contribution >= 0.6 is 0 Å². The minimum Gasteiger partial charge on any atom is -0.346 e. The lowest BCUT2D eigenvalue weighted by Gasteiger charge is -1.84. The first-order valence-electron chi connectivity index (χ1n) is 3.13. The van der Waals surface area contributed by atoms with E-state index in [2.05, 4.69) is 16.0 Å². The fourth-order valence-electron chi connectivity index (χ4n) is 0.905. The highest BCUT2D eigenvalue weighted by molar-refractivity contribution is 5.15. The van der Waals surface area contributed by atoms with Gasteiger partial charge in [-0.2, -0.15) is 5.26 Å². The molecule has 1 rings (SSSR count). The Hall–Kier alpha value is -1.30. The zero-order chi connectivity index (χ0) is 7.56. The lowest BCUT2D eigenvalue weighted by molar-refractivity contribution is 1.10. The summed E-state index contributed by atoms with van der Waals surface area (Å²) in [6.45, 7) is 3.81. The minimum atomic E-state index is 0.399. The summed E-state index contributed by atoms with van der Waals surface area (Å²) in [5.74, 6) is 0.878. The number of nitriles is 1. The van der Waals surface area contributed by atoms with Gasteiger partial charge >= 0.3 is 0 Å². The lowest BCUT2D eigenvalue weighted by atomic mass is 10.3. The van der Waals surface area contributed by atoms with E-state index in [1.165, 1.54) is 0 Å². The molecule has 0 aliphatic heterocycles. The Labute approximate surface area is 59.7 Å². The van der Waals surface area contributed by atoms with Crippen LogP contribution in [0.25, 0.3) is 0 Å². The highest BCUT2D eigenvalue weighted by atomic mass is 14.9. The van der Waals surface area contributed by atoms with Crippen molar-refractivity contribution >= 4 is 0 Å². The number of H-pyrrole nitrogens is 1. The number of imidazole rings is 1. The van der Waals surface area contributed by atoms with Crippen LogP contribution in [0.3, 0.4) is 0 Å². The second-order valence-corrected chi connectivity index (χ2v) is 2.23. The summed E-state index contributed by atoms with van der Waals surface area (Å²) >= 11 is 0. The third kappa shape index (κ3) is 1.16. The molecule has 1 aromatic heterocycles. The van der Waals surface area contributed by atoms with Crippen molar-refractivity contribution in [2.75, 3.05) is 0 Å². The van der Waals surface area contributed by atoms with Crippen molar-refractivity contribution < 1.29 is 0 Å². The van der Waals surface area contributed by atoms with Crippen molar-refractivity contribution in [3.63, 3.8) is 0 Å². The second kappa shape index (κ2) is 2.53. The standard InChI is InChI=1S/C7H9N3/c1-5-7(3-4-8)10-6(2)9-5/h3H2,1-2H3,(H,9,10). The quantitative estimate of drug-likeness (QED) is 0.626. The summed E-state index contributed by atoms with van der Waals surface area (Å²) in [7, 11) is 0. The van der Waals surface area contributed by atoms with Crippen LogP contribution in [-0.2, 0) is 6.42 Å². The Morgan fingerprint density at radius 1 is 1.60 bits per heavy atom. The zero-order valence-corrected chi connectivity index (χ0v) is 6.10. The van der Waals surface area contributed by atoms with Gasteiger partial charge in [-0.25, -0.2) is 4.98 Å². The molecule has 0 aliphatic carbocycles. The maximum atomic E-state index is 8.35. The average Bonchev–Trinajstić information content (AvgIpc) is 2.13. The Bertz CT molecular complexity index is 267. The van der Waals surface area contributed by atoms with Gasteiger partial charge in [0, 0.05) is 5.69 Å². The molecule has 0 fully saturated rings. The van der Waals surface area contributed by atoms with Gasteiger partial charge in [-0.05, 0) is 13.8 Å². The summed E-state index contributed by atoms with van der Waals surface area (Å²) in [5.41, 5.74) is 1.86. The monoisotopic (exact) mass is 135 g/mol. The predicted octanol–water partition coefficient (Wildman–Crippen LogP) is 1.09. The summed E-state index contributed by atoms with van der Waals surface area (Å²) < 4.78 is 0. The number of aromatic nitrogens is 2. The van der Waals surface area contributed by atoms with Gasteiger partial charge in [0.2, 0.25) is 0 Å². The van der Waals surface area contributed by atoms with E-state index in [0.717, 1.165) is 17.2 Å². The van der Waals surface area contributed by atoms with Gasteiger partial charge in [0.05, 0.1) is 18.2 Å². The largest absolute Gasteiger partial charge is 0.346 e. The van der Waals surface area contributed by atoms with Crippen LogP contribution < -0.4 is 0 Å². The molecule has 52 valence electrons. The third-order valence-electron chi connectivity index (χ3n) is 1.35. The van der Waals surface area contributed by atoms with E-state index >= 15 is 0 Å². The molecule has 3 heteroatoms. The van der Waals surface area contributed by atoms with E-state index in [4.69, 9.17) is 5.26 Å². The van der Waals surface area contributed by atoms with Gasteiger partial charge in [-0.15, -0.1) is 0 Å². The molecule has 0 amide bonds. The number of nitrogens with one attached hydrogen (secondary N) is 1. The maximum Gasteiger partial charge on any atom is 0.103 e. The van der Waals surface area contributed by atoms with E-state index in [1.54, 1.807) is 0 Å². The number of aryl methyl sites for hydroxylation is 2. The van der Waals surface area contributed by atoms with Gasteiger partial charge in [0.1, 0.15) is 5.82 Å². The molecular formula is C7H9N3. The topological polar surface area (TPSA) is 52.5 Å². The molecule has 0 spiro atoms. The molecule has 1 heterocycles. The number of rotatable bonds is 1. The molecule has 1 aromatic rings. The van der Waals surface area contributed by atoms with Crippen LogP contribution in [0.15, 0.2) is 0 Å². The summed E-state index contributed by atoms with van der Waals surface area (Å²) in [5, 5.41) is 8.35. The van der Waals surface area contributed by atoms with E-state index in [9.17, 15) is 0 Å². The molecule has 0 atom stereocenters. The first-order chi connectivity index (χ1) is 4.74. The Morgan fingerprint density at radius 3 is 2.70 bits per heavy atom. The maximum absolute atomic E-state index is 8.35. The fourth-order valence-corrected chi connectivity index (χ4v) is 0.905. The highest BCUT2D eigenvalue weighted by Crippen LogP contribution is 2.03. The number of hydrogen-bond acceptors (Lipinski definition) is 2. The molecule has 0 saturated carbocycles. The van der Waals surface area contributed by atoms with Gasteiger partial charge in [0.15, 0.2) is 0 Å². The van der Waals surface area contributed by atoms with Gasteiger partial charge in [-0.3, -0.25) is 0 Å². The van der Waals surface area contributed by atoms with Crippen molar-refractivity contribution in [2.24, 2.45) is 0 Å². The van der Waals surface area contributed by atoms with Crippen molar-refractivity contribution in [1.82, 2.24) is 9.97 Å². The van der Waals surface area contributed by atoms with Crippen LogP contribution in [0.1, 0.15) is 17.2 Å². The van der Waals surface area contributed by atoms with Crippen LogP contribution in [0.2, 0.25) is 0 Å². The van der Waals surface area contributed by atoms with Crippen LogP contribution in [0, 0.1) is 25.2 Å². The van der Waals surface area contributed by atoms with E-state index in [1.807, 2.05) is 13.8 Å². The first kappa shape index (κ1) is 6.81. The molecule has 10 heavy (non-hydrogen) atoms. The zero-order valence-electron chi connectivity index (χ0n) is 6.10. The molecule has 1 N–H and O–H groups in total. The van der Waals surface area contributed by atoms with Crippen LogP contribution in [0.5, 0.6) is 0 Å². The SMILES string of the molecule is Cc1nc(CC#N)c(C)[nH]1. The Balaban J connectivity index is 2.94. The first-order valence-corrected chi connectivity index (χ1v) is 3.13. The number of aromatic amines is 1. The van der Waals surface area contributed by atoms with Crippen molar-refractivity contribution in [3.8, 4) is 6.07 Å². The number of nitrogens with zero attached hydrogens (tertiary/aromatic N) is 2. The fraction of sp³-hybridized carbons (Fsp3) is 0.429. The van der Waals surface area contributed by atoms with Crippen molar-refractivity contribution in [3.05, 3.63) is 17.2 Å². The summed E-state index contributed by atoms with van der Waals surface area (Å²) in [6, 6.07) is 2.06. The molecule has 0 aliphatic rings. The van der Waals surface area contributed by atoms with E-state index in [0.29, 0.717) is 6.42 Å². The van der Waals surface area contributed by atoms with E-state index in [-0.39, 0.29) is 0 Å². The molecule has 0 bridgehead atoms. The highest BCUT2D eigenvalue weighted by Gasteiger charge is 2.00. The molecule has 3 nitrogen and oxygen atoms in total. The van der Waals surface area contributed by atoms with Crippen molar-refractivity contribution in [2.45, 2.75) is 20.3 Å². The van der Waals surface area contributed by atoms with Crippen LogP contribution in [0.4, 0.5) is 0 Å². The average molecular weight is 135 g/mol. The number of hydrogen-bond donors (Lipinski definition) is 1. The molecule has 0 radical (unpaired) electrons. The summed E-state index contributed by atoms with van der Waals surface area (Å²) in [4.78, 5) is 7.15. The smallest absolute Gasteiger partial charge is 0.103 e. The molecule has 0 unspecified atom stereocenters. The van der Waals surface area contributed by atoms with Crippen LogP contribution in [-0.4, -0.2) is 9.97 Å². The van der Waals surface area contributed by atoms with Gasteiger partial charge in [-0.1, -0.05) is 0 Å². The van der Waals surface area contributed by atoms with Gasteiger partial charge in [0.25, 0.3) is 0 Å².